The van der Waals surface area contributed by atoms with E-state index < -0.39 is 10.0 Å². The molecule has 2 fully saturated rings. The molecule has 0 aromatic heterocycles. The molecule has 6 heteroatoms. The number of rotatable bonds is 4. The number of likely N-dealkylation sites (tertiary alicyclic amines) is 1. The minimum atomic E-state index is -3.59. The van der Waals surface area contributed by atoms with E-state index >= 15 is 0 Å². The van der Waals surface area contributed by atoms with Crippen LogP contribution in [0, 0.1) is 0 Å². The first-order valence-electron chi connectivity index (χ1n) is 8.09. The van der Waals surface area contributed by atoms with E-state index in [2.05, 4.69) is 25.5 Å². The molecule has 23 heavy (non-hydrogen) atoms. The van der Waals surface area contributed by atoms with Crippen LogP contribution in [-0.2, 0) is 20.2 Å². The summed E-state index contributed by atoms with van der Waals surface area (Å²) in [4.78, 5) is 14.0. The van der Waals surface area contributed by atoms with Gasteiger partial charge in [0, 0.05) is 25.0 Å². The summed E-state index contributed by atoms with van der Waals surface area (Å²) in [6.45, 7) is 6.75. The van der Waals surface area contributed by atoms with Crippen LogP contribution in [0.2, 0.25) is 0 Å². The van der Waals surface area contributed by atoms with E-state index in [0.717, 1.165) is 18.4 Å². The van der Waals surface area contributed by atoms with Crippen molar-refractivity contribution < 1.29 is 13.2 Å². The van der Waals surface area contributed by atoms with Crippen molar-refractivity contribution in [3.63, 3.8) is 0 Å². The number of benzene rings is 1. The first-order chi connectivity index (χ1) is 10.7. The van der Waals surface area contributed by atoms with Gasteiger partial charge in [-0.1, -0.05) is 32.9 Å². The van der Waals surface area contributed by atoms with Crippen molar-refractivity contribution in [2.75, 3.05) is 6.54 Å². The fourth-order valence-corrected chi connectivity index (χ4v) is 4.20. The van der Waals surface area contributed by atoms with Crippen LogP contribution in [0.3, 0.4) is 0 Å². The highest BCUT2D eigenvalue weighted by atomic mass is 32.2. The Morgan fingerprint density at radius 2 is 1.74 bits per heavy atom. The summed E-state index contributed by atoms with van der Waals surface area (Å²) < 4.78 is 27.7. The van der Waals surface area contributed by atoms with Gasteiger partial charge in [-0.3, -0.25) is 4.79 Å². The Balaban J connectivity index is 1.71. The minimum Gasteiger partial charge on any atom is -0.338 e. The second-order valence-electron chi connectivity index (χ2n) is 7.57. The highest BCUT2D eigenvalue weighted by Gasteiger charge is 2.40. The van der Waals surface area contributed by atoms with Crippen LogP contribution in [0.4, 0.5) is 0 Å². The molecule has 2 aliphatic rings. The van der Waals surface area contributed by atoms with Crippen molar-refractivity contribution in [1.29, 1.82) is 0 Å². The van der Waals surface area contributed by atoms with Gasteiger partial charge in [0.1, 0.15) is 0 Å². The predicted molar refractivity (Wildman–Crippen MR) is 88.6 cm³/mol. The second-order valence-corrected chi connectivity index (χ2v) is 9.29. The zero-order valence-corrected chi connectivity index (χ0v) is 14.7. The third-order valence-corrected chi connectivity index (χ3v) is 6.03. The van der Waals surface area contributed by atoms with E-state index in [-0.39, 0.29) is 28.7 Å². The molecule has 1 saturated heterocycles. The van der Waals surface area contributed by atoms with Crippen molar-refractivity contribution in [2.45, 2.75) is 62.4 Å². The number of amides is 1. The van der Waals surface area contributed by atoms with Gasteiger partial charge in [0.2, 0.25) is 15.9 Å². The number of nitrogens with one attached hydrogen (secondary N) is 1. The summed E-state index contributed by atoms with van der Waals surface area (Å²) in [5, 5.41) is 0. The van der Waals surface area contributed by atoms with Gasteiger partial charge in [0.15, 0.2) is 0 Å². The summed E-state index contributed by atoms with van der Waals surface area (Å²) >= 11 is 0. The summed E-state index contributed by atoms with van der Waals surface area (Å²) in [6.07, 6.45) is 2.34. The first kappa shape index (κ1) is 16.5. The normalized spacial score (nSPS) is 22.7. The molecule has 3 rings (SSSR count). The molecule has 1 N–H and O–H groups in total. The molecule has 1 aromatic rings. The zero-order valence-electron chi connectivity index (χ0n) is 13.9. The van der Waals surface area contributed by atoms with Crippen LogP contribution < -0.4 is 4.72 Å². The van der Waals surface area contributed by atoms with E-state index in [1.165, 1.54) is 0 Å². The Hall–Kier alpha value is -1.40. The average molecular weight is 336 g/mol. The molecule has 5 nitrogen and oxygen atoms in total. The molecular weight excluding hydrogens is 312 g/mol. The van der Waals surface area contributed by atoms with E-state index in [0.29, 0.717) is 12.6 Å². The van der Waals surface area contributed by atoms with Gasteiger partial charge in [0.25, 0.3) is 0 Å². The maximum absolute atomic E-state index is 12.5. The molecule has 1 amide bonds. The fourth-order valence-electron chi connectivity index (χ4n) is 2.97. The van der Waals surface area contributed by atoms with Crippen molar-refractivity contribution in [1.82, 2.24) is 9.62 Å². The van der Waals surface area contributed by atoms with Crippen LogP contribution >= 0.6 is 0 Å². The third kappa shape index (κ3) is 3.58. The van der Waals surface area contributed by atoms with Gasteiger partial charge < -0.3 is 4.90 Å². The molecule has 1 aromatic carbocycles. The monoisotopic (exact) mass is 336 g/mol. The van der Waals surface area contributed by atoms with Gasteiger partial charge in [0.05, 0.1) is 4.90 Å². The number of hydrogen-bond donors (Lipinski definition) is 1. The Morgan fingerprint density at radius 3 is 2.26 bits per heavy atom. The Bertz CT molecular complexity index is 700. The molecule has 0 bridgehead atoms. The van der Waals surface area contributed by atoms with Gasteiger partial charge in [-0.2, -0.15) is 0 Å². The molecule has 1 atom stereocenters. The lowest BCUT2D eigenvalue weighted by Gasteiger charge is -2.19. The molecular formula is C17H24N2O3S. The van der Waals surface area contributed by atoms with E-state index in [1.54, 1.807) is 12.1 Å². The van der Waals surface area contributed by atoms with Crippen LogP contribution in [0.5, 0.6) is 0 Å². The molecule has 1 aliphatic heterocycles. The first-order valence-corrected chi connectivity index (χ1v) is 9.57. The largest absolute Gasteiger partial charge is 0.338 e. The zero-order chi connectivity index (χ0) is 16.8. The summed E-state index contributed by atoms with van der Waals surface area (Å²) in [5.74, 6) is 0.0586. The van der Waals surface area contributed by atoms with Gasteiger partial charge in [-0.25, -0.2) is 13.1 Å². The average Bonchev–Trinajstić information content (AvgIpc) is 3.22. The molecule has 0 spiro atoms. The molecule has 0 radical (unpaired) electrons. The van der Waals surface area contributed by atoms with Crippen LogP contribution in [0.15, 0.2) is 29.2 Å². The lowest BCUT2D eigenvalue weighted by atomic mass is 9.87. The molecule has 1 unspecified atom stereocenters. The predicted octanol–water partition coefficient (Wildman–Crippen LogP) is 2.03. The van der Waals surface area contributed by atoms with Gasteiger partial charge in [-0.15, -0.1) is 0 Å². The van der Waals surface area contributed by atoms with Crippen molar-refractivity contribution in [3.8, 4) is 0 Å². The maximum atomic E-state index is 12.5. The van der Waals surface area contributed by atoms with E-state index in [4.69, 9.17) is 0 Å². The second kappa shape index (κ2) is 5.60. The van der Waals surface area contributed by atoms with Gasteiger partial charge >= 0.3 is 0 Å². The number of sulfonamides is 1. The summed E-state index contributed by atoms with van der Waals surface area (Å²) in [7, 11) is -3.59. The quantitative estimate of drug-likeness (QED) is 0.915. The fraction of sp³-hybridized carbons (Fsp3) is 0.588. The molecule has 126 valence electrons. The number of carbonyl (C=O) groups is 1. The lowest BCUT2D eigenvalue weighted by molar-refractivity contribution is -0.128. The van der Waals surface area contributed by atoms with Crippen molar-refractivity contribution >= 4 is 15.9 Å². The Morgan fingerprint density at radius 1 is 1.13 bits per heavy atom. The van der Waals surface area contributed by atoms with Crippen molar-refractivity contribution in [3.05, 3.63) is 29.8 Å². The summed E-state index contributed by atoms with van der Waals surface area (Å²) in [6, 6.07) is 6.99. The minimum absolute atomic E-state index is 0.0155. The van der Waals surface area contributed by atoms with Crippen LogP contribution in [0.1, 0.15) is 45.6 Å². The summed E-state index contributed by atoms with van der Waals surface area (Å²) in [5.41, 5.74) is 1.07. The Kier molecular flexibility index (Phi) is 4.01. The smallest absolute Gasteiger partial charge is 0.240 e. The lowest BCUT2D eigenvalue weighted by Crippen LogP contribution is -2.37. The highest BCUT2D eigenvalue weighted by molar-refractivity contribution is 7.89. The number of carbonyl (C=O) groups excluding carboxylic acids is 1. The third-order valence-electron chi connectivity index (χ3n) is 4.50. The Labute approximate surface area is 138 Å². The van der Waals surface area contributed by atoms with Gasteiger partial charge in [-0.05, 0) is 36.0 Å². The molecule has 1 aliphatic carbocycles. The van der Waals surface area contributed by atoms with Crippen molar-refractivity contribution in [2.24, 2.45) is 0 Å². The number of nitrogens with zero attached hydrogens (tertiary/aromatic N) is 1. The van der Waals surface area contributed by atoms with Crippen LogP contribution in [-0.4, -0.2) is 37.9 Å². The SMILES string of the molecule is CC(C)(C)c1ccc(S(=O)(=O)NC2CC(=O)N(C3CC3)C2)cc1. The van der Waals surface area contributed by atoms with E-state index in [1.807, 2.05) is 17.0 Å². The van der Waals surface area contributed by atoms with E-state index in [9.17, 15) is 13.2 Å². The highest BCUT2D eigenvalue weighted by Crippen LogP contribution is 2.31. The molecule has 1 heterocycles. The standard InChI is InChI=1S/C17H24N2O3S/c1-17(2,3)12-4-8-15(9-5-12)23(21,22)18-13-10-16(20)19(11-13)14-6-7-14/h4-5,8-9,13-14,18H,6-7,10-11H2,1-3H3. The maximum Gasteiger partial charge on any atom is 0.240 e. The van der Waals surface area contributed by atoms with Crippen LogP contribution in [0.25, 0.3) is 0 Å². The number of hydrogen-bond acceptors (Lipinski definition) is 3. The molecule has 1 saturated carbocycles. The topological polar surface area (TPSA) is 66.5 Å².